The quantitative estimate of drug-likeness (QED) is 0.837. The number of β-amino-alcohol motifs (C(OH)–C–C–N with tert-alkyl or cyclic N) is 1. The number of ether oxygens (including phenoxy) is 1. The standard InChI is InChI=1S/C23H28N2O3/c1-17(26)24-23(20-5-3-2-4-6-20)10-12-25(13-11-23)16-21(27)18-7-8-22-19(15-18)9-14-28-22/h2-8,15,21,27H,9-14,16H2,1H3,(H,24,26)/t21-/m0/s1. The van der Waals surface area contributed by atoms with Crippen LogP contribution in [0.1, 0.15) is 42.6 Å². The Morgan fingerprint density at radius 1 is 1.21 bits per heavy atom. The zero-order valence-electron chi connectivity index (χ0n) is 16.4. The van der Waals surface area contributed by atoms with Gasteiger partial charge in [-0.1, -0.05) is 36.4 Å². The third kappa shape index (κ3) is 3.91. The molecule has 1 fully saturated rings. The summed E-state index contributed by atoms with van der Waals surface area (Å²) in [4.78, 5) is 14.1. The number of aliphatic hydroxyl groups is 1. The predicted octanol–water partition coefficient (Wildman–Crippen LogP) is 2.78. The summed E-state index contributed by atoms with van der Waals surface area (Å²) in [5.41, 5.74) is 2.97. The fourth-order valence-electron chi connectivity index (χ4n) is 4.46. The number of hydrogen-bond donors (Lipinski definition) is 2. The van der Waals surface area contributed by atoms with E-state index in [1.807, 2.05) is 30.3 Å². The molecule has 0 aromatic heterocycles. The van der Waals surface area contributed by atoms with Crippen LogP contribution in [0.15, 0.2) is 48.5 Å². The minimum Gasteiger partial charge on any atom is -0.493 e. The van der Waals surface area contributed by atoms with Crippen LogP contribution in [0.4, 0.5) is 0 Å². The number of likely N-dealkylation sites (tertiary alicyclic amines) is 1. The molecule has 2 aromatic rings. The van der Waals surface area contributed by atoms with Gasteiger partial charge in [0.05, 0.1) is 18.2 Å². The van der Waals surface area contributed by atoms with Crippen molar-refractivity contribution in [3.05, 3.63) is 65.2 Å². The second kappa shape index (κ2) is 7.94. The SMILES string of the molecule is CC(=O)NC1(c2ccccc2)CCN(C[C@H](O)c2ccc3c(c2)CCO3)CC1. The van der Waals surface area contributed by atoms with Crippen molar-refractivity contribution in [2.24, 2.45) is 0 Å². The number of nitrogens with one attached hydrogen (secondary N) is 1. The van der Waals surface area contributed by atoms with Crippen molar-refractivity contribution in [3.8, 4) is 5.75 Å². The number of benzene rings is 2. The number of fused-ring (bicyclic) bond motifs is 1. The second-order valence-electron chi connectivity index (χ2n) is 7.91. The first-order valence-corrected chi connectivity index (χ1v) is 10.1. The topological polar surface area (TPSA) is 61.8 Å². The largest absolute Gasteiger partial charge is 0.493 e. The Morgan fingerprint density at radius 2 is 1.96 bits per heavy atom. The molecule has 1 atom stereocenters. The molecule has 0 saturated carbocycles. The van der Waals surface area contributed by atoms with Crippen LogP contribution in [0.5, 0.6) is 5.75 Å². The van der Waals surface area contributed by atoms with Crippen LogP contribution in [0.25, 0.3) is 0 Å². The first-order chi connectivity index (χ1) is 13.6. The number of amides is 1. The van der Waals surface area contributed by atoms with E-state index >= 15 is 0 Å². The van der Waals surface area contributed by atoms with Gasteiger partial charge in [-0.05, 0) is 41.7 Å². The van der Waals surface area contributed by atoms with Crippen molar-refractivity contribution in [2.45, 2.75) is 37.8 Å². The van der Waals surface area contributed by atoms with Crippen molar-refractivity contribution in [1.82, 2.24) is 10.2 Å². The van der Waals surface area contributed by atoms with E-state index in [0.717, 1.165) is 55.8 Å². The van der Waals surface area contributed by atoms with Gasteiger partial charge in [0.2, 0.25) is 5.91 Å². The van der Waals surface area contributed by atoms with E-state index < -0.39 is 6.10 Å². The fourth-order valence-corrected chi connectivity index (χ4v) is 4.46. The Balaban J connectivity index is 1.42. The summed E-state index contributed by atoms with van der Waals surface area (Å²) in [5.74, 6) is 0.939. The first kappa shape index (κ1) is 19.0. The van der Waals surface area contributed by atoms with E-state index in [1.54, 1.807) is 6.92 Å². The van der Waals surface area contributed by atoms with E-state index in [1.165, 1.54) is 5.56 Å². The highest BCUT2D eigenvalue weighted by Crippen LogP contribution is 2.34. The molecule has 2 N–H and O–H groups in total. The van der Waals surface area contributed by atoms with Crippen molar-refractivity contribution >= 4 is 5.91 Å². The molecule has 5 nitrogen and oxygen atoms in total. The number of carbonyl (C=O) groups excluding carboxylic acids is 1. The maximum Gasteiger partial charge on any atom is 0.217 e. The first-order valence-electron chi connectivity index (χ1n) is 10.1. The van der Waals surface area contributed by atoms with Crippen molar-refractivity contribution in [3.63, 3.8) is 0 Å². The molecule has 2 aromatic carbocycles. The highest BCUT2D eigenvalue weighted by molar-refractivity contribution is 5.74. The summed E-state index contributed by atoms with van der Waals surface area (Å²) in [6, 6.07) is 16.2. The summed E-state index contributed by atoms with van der Waals surface area (Å²) < 4.78 is 5.55. The van der Waals surface area contributed by atoms with Gasteiger partial charge in [-0.2, -0.15) is 0 Å². The molecule has 0 bridgehead atoms. The summed E-state index contributed by atoms with van der Waals surface area (Å²) in [7, 11) is 0. The molecule has 0 unspecified atom stereocenters. The number of hydrogen-bond acceptors (Lipinski definition) is 4. The summed E-state index contributed by atoms with van der Waals surface area (Å²) in [5, 5.41) is 13.9. The molecule has 0 aliphatic carbocycles. The third-order valence-corrected chi connectivity index (χ3v) is 5.98. The van der Waals surface area contributed by atoms with E-state index in [2.05, 4.69) is 28.4 Å². The summed E-state index contributed by atoms with van der Waals surface area (Å²) in [6.07, 6.45) is 2.06. The lowest BCUT2D eigenvalue weighted by molar-refractivity contribution is -0.121. The van der Waals surface area contributed by atoms with Gasteiger partial charge in [-0.15, -0.1) is 0 Å². The van der Waals surface area contributed by atoms with Crippen LogP contribution in [-0.4, -0.2) is 42.2 Å². The molecule has 1 amide bonds. The van der Waals surface area contributed by atoms with E-state index in [-0.39, 0.29) is 11.4 Å². The predicted molar refractivity (Wildman–Crippen MR) is 108 cm³/mol. The number of aliphatic hydroxyl groups excluding tert-OH is 1. The fraction of sp³-hybridized carbons (Fsp3) is 0.435. The molecule has 4 rings (SSSR count). The van der Waals surface area contributed by atoms with Crippen LogP contribution in [0.3, 0.4) is 0 Å². The lowest BCUT2D eigenvalue weighted by atomic mass is 9.80. The van der Waals surface area contributed by atoms with Crippen LogP contribution in [-0.2, 0) is 16.8 Å². The number of rotatable bonds is 5. The maximum absolute atomic E-state index is 11.9. The molecular formula is C23H28N2O3. The van der Waals surface area contributed by atoms with Crippen molar-refractivity contribution in [1.29, 1.82) is 0 Å². The smallest absolute Gasteiger partial charge is 0.217 e. The summed E-state index contributed by atoms with van der Waals surface area (Å²) in [6.45, 7) is 4.58. The number of carbonyl (C=O) groups is 1. The molecule has 2 aliphatic rings. The Kier molecular flexibility index (Phi) is 5.38. The summed E-state index contributed by atoms with van der Waals surface area (Å²) >= 11 is 0. The van der Waals surface area contributed by atoms with Crippen molar-refractivity contribution in [2.75, 3.05) is 26.2 Å². The molecule has 2 aliphatic heterocycles. The van der Waals surface area contributed by atoms with Gasteiger partial charge in [-0.25, -0.2) is 0 Å². The van der Waals surface area contributed by atoms with E-state index in [9.17, 15) is 9.90 Å². The Morgan fingerprint density at radius 3 is 2.68 bits per heavy atom. The molecule has 148 valence electrons. The molecule has 1 saturated heterocycles. The zero-order chi connectivity index (χ0) is 19.6. The molecular weight excluding hydrogens is 352 g/mol. The van der Waals surface area contributed by atoms with E-state index in [0.29, 0.717) is 6.54 Å². The Hall–Kier alpha value is -2.37. The Bertz CT molecular complexity index is 829. The van der Waals surface area contributed by atoms with Crippen molar-refractivity contribution < 1.29 is 14.6 Å². The zero-order valence-corrected chi connectivity index (χ0v) is 16.4. The van der Waals surface area contributed by atoms with Gasteiger partial charge in [0.1, 0.15) is 5.75 Å². The Labute approximate surface area is 166 Å². The lowest BCUT2D eigenvalue weighted by Crippen LogP contribution is -2.53. The lowest BCUT2D eigenvalue weighted by Gasteiger charge is -2.43. The average Bonchev–Trinajstić information content (AvgIpc) is 3.17. The monoisotopic (exact) mass is 380 g/mol. The van der Waals surface area contributed by atoms with Gasteiger partial charge >= 0.3 is 0 Å². The number of nitrogens with zero attached hydrogens (tertiary/aromatic N) is 1. The number of piperidine rings is 1. The highest BCUT2D eigenvalue weighted by Gasteiger charge is 2.37. The van der Waals surface area contributed by atoms with Gasteiger partial charge in [-0.3, -0.25) is 4.79 Å². The second-order valence-corrected chi connectivity index (χ2v) is 7.91. The normalized spacial score (nSPS) is 19.5. The van der Waals surface area contributed by atoms with Gasteiger partial charge in [0, 0.05) is 33.0 Å². The average molecular weight is 380 g/mol. The molecule has 0 radical (unpaired) electrons. The van der Waals surface area contributed by atoms with Crippen LogP contribution in [0, 0.1) is 0 Å². The maximum atomic E-state index is 11.9. The third-order valence-electron chi connectivity index (χ3n) is 5.98. The molecule has 28 heavy (non-hydrogen) atoms. The minimum absolute atomic E-state index is 0.00213. The van der Waals surface area contributed by atoms with Crippen LogP contribution >= 0.6 is 0 Å². The molecule has 2 heterocycles. The molecule has 0 spiro atoms. The van der Waals surface area contributed by atoms with E-state index in [4.69, 9.17) is 4.74 Å². The van der Waals surface area contributed by atoms with Gasteiger partial charge in [0.15, 0.2) is 0 Å². The highest BCUT2D eigenvalue weighted by atomic mass is 16.5. The van der Waals surface area contributed by atoms with Gasteiger partial charge < -0.3 is 20.1 Å². The van der Waals surface area contributed by atoms with Gasteiger partial charge in [0.25, 0.3) is 0 Å². The minimum atomic E-state index is -0.518. The van der Waals surface area contributed by atoms with Crippen LogP contribution < -0.4 is 10.1 Å². The molecule has 5 heteroatoms. The van der Waals surface area contributed by atoms with Crippen LogP contribution in [0.2, 0.25) is 0 Å².